The summed E-state index contributed by atoms with van der Waals surface area (Å²) in [6, 6.07) is 14.2. The van der Waals surface area contributed by atoms with Crippen LogP contribution >= 0.6 is 0 Å². The summed E-state index contributed by atoms with van der Waals surface area (Å²) in [5.41, 5.74) is 4.65. The number of alkyl halides is 3. The van der Waals surface area contributed by atoms with Crippen LogP contribution in [0.3, 0.4) is 0 Å². The van der Waals surface area contributed by atoms with E-state index in [0.29, 0.717) is 19.0 Å². The molecule has 1 fully saturated rings. The minimum Gasteiger partial charge on any atom is -0.369 e. The van der Waals surface area contributed by atoms with Crippen molar-refractivity contribution in [2.45, 2.75) is 43.9 Å². The van der Waals surface area contributed by atoms with Crippen molar-refractivity contribution in [3.05, 3.63) is 65.5 Å². The normalized spacial score (nSPS) is 19.5. The number of benzene rings is 1. The summed E-state index contributed by atoms with van der Waals surface area (Å²) in [7, 11) is 2.10. The van der Waals surface area contributed by atoms with Crippen molar-refractivity contribution in [1.29, 1.82) is 0 Å². The van der Waals surface area contributed by atoms with Gasteiger partial charge in [-0.3, -0.25) is 9.69 Å². The Morgan fingerprint density at radius 2 is 1.84 bits per heavy atom. The molecule has 0 aliphatic carbocycles. The van der Waals surface area contributed by atoms with Gasteiger partial charge in [0.1, 0.15) is 5.69 Å². The maximum atomic E-state index is 13.1. The van der Waals surface area contributed by atoms with Gasteiger partial charge in [0, 0.05) is 19.1 Å². The highest BCUT2D eigenvalue weighted by atomic mass is 19.4. The summed E-state index contributed by atoms with van der Waals surface area (Å²) in [6.07, 6.45) is -3.26. The van der Waals surface area contributed by atoms with E-state index in [-0.39, 0.29) is 5.69 Å². The van der Waals surface area contributed by atoms with Crippen LogP contribution in [0, 0.1) is 0 Å². The smallest absolute Gasteiger partial charge is 0.369 e. The van der Waals surface area contributed by atoms with E-state index in [1.54, 1.807) is 6.92 Å². The second kappa shape index (κ2) is 9.36. The summed E-state index contributed by atoms with van der Waals surface area (Å²) < 4.78 is 39.2. The average Bonchev–Trinajstić information content (AvgIpc) is 3.21. The van der Waals surface area contributed by atoms with Crippen LogP contribution in [0.25, 0.3) is 0 Å². The Bertz CT molecular complexity index is 890. The molecule has 1 aromatic heterocycles. The molecule has 2 heterocycles. The number of halogens is 3. The van der Waals surface area contributed by atoms with Crippen LogP contribution in [0.5, 0.6) is 0 Å². The molecule has 0 radical (unpaired) electrons. The number of amides is 1. The maximum Gasteiger partial charge on any atom is 0.433 e. The number of aromatic nitrogens is 1. The lowest BCUT2D eigenvalue weighted by Crippen LogP contribution is -2.42. The predicted octanol–water partition coefficient (Wildman–Crippen LogP) is 3.44. The SMILES string of the molecule is CN(Cc1ccccc1)C1CCN(CCC(C)(C(N)=O)c2cccc(C(F)(F)F)n2)C1. The molecule has 1 aliphatic heterocycles. The lowest BCUT2D eigenvalue weighted by Gasteiger charge is -2.29. The second-order valence-corrected chi connectivity index (χ2v) is 8.50. The molecule has 0 spiro atoms. The van der Waals surface area contributed by atoms with Crippen LogP contribution in [-0.2, 0) is 22.9 Å². The van der Waals surface area contributed by atoms with Crippen molar-refractivity contribution < 1.29 is 18.0 Å². The monoisotopic (exact) mass is 434 g/mol. The summed E-state index contributed by atoms with van der Waals surface area (Å²) in [4.78, 5) is 20.5. The van der Waals surface area contributed by atoms with Gasteiger partial charge in [0.05, 0.1) is 11.1 Å². The van der Waals surface area contributed by atoms with Crippen molar-refractivity contribution in [3.8, 4) is 0 Å². The first kappa shape index (κ1) is 23.2. The molecular weight excluding hydrogens is 405 g/mol. The van der Waals surface area contributed by atoms with Crippen LogP contribution in [0.4, 0.5) is 13.2 Å². The Hall–Kier alpha value is -2.45. The lowest BCUT2D eigenvalue weighted by molar-refractivity contribution is -0.141. The quantitative estimate of drug-likeness (QED) is 0.692. The van der Waals surface area contributed by atoms with Crippen molar-refractivity contribution in [1.82, 2.24) is 14.8 Å². The Balaban J connectivity index is 1.63. The molecule has 1 aliphatic rings. The van der Waals surface area contributed by atoms with Crippen LogP contribution in [0.15, 0.2) is 48.5 Å². The van der Waals surface area contributed by atoms with E-state index in [1.165, 1.54) is 17.7 Å². The molecule has 2 N–H and O–H groups in total. The highest BCUT2D eigenvalue weighted by Crippen LogP contribution is 2.32. The molecule has 8 heteroatoms. The zero-order valence-corrected chi connectivity index (χ0v) is 17.9. The van der Waals surface area contributed by atoms with Gasteiger partial charge in [-0.05, 0) is 57.6 Å². The molecule has 1 saturated heterocycles. The Kier molecular flexibility index (Phi) is 7.01. The number of likely N-dealkylation sites (tertiary alicyclic amines) is 1. The van der Waals surface area contributed by atoms with E-state index in [4.69, 9.17) is 5.73 Å². The fourth-order valence-electron chi connectivity index (χ4n) is 4.03. The number of nitrogens with zero attached hydrogens (tertiary/aromatic N) is 3. The molecule has 3 rings (SSSR count). The molecule has 2 aromatic rings. The fourth-order valence-corrected chi connectivity index (χ4v) is 4.03. The number of primary amides is 1. The van der Waals surface area contributed by atoms with E-state index in [1.807, 2.05) is 18.2 Å². The minimum atomic E-state index is -4.57. The van der Waals surface area contributed by atoms with Gasteiger partial charge in [-0.1, -0.05) is 36.4 Å². The van der Waals surface area contributed by atoms with Gasteiger partial charge < -0.3 is 10.6 Å². The fraction of sp³-hybridized carbons (Fsp3) is 0.478. The largest absolute Gasteiger partial charge is 0.433 e. The summed E-state index contributed by atoms with van der Waals surface area (Å²) >= 11 is 0. The van der Waals surface area contributed by atoms with E-state index in [2.05, 4.69) is 34.0 Å². The topological polar surface area (TPSA) is 62.5 Å². The lowest BCUT2D eigenvalue weighted by atomic mass is 9.81. The zero-order chi connectivity index (χ0) is 22.6. The minimum absolute atomic E-state index is 0.0618. The summed E-state index contributed by atoms with van der Waals surface area (Å²) in [6.45, 7) is 4.70. The van der Waals surface area contributed by atoms with Gasteiger partial charge in [-0.25, -0.2) is 4.98 Å². The van der Waals surface area contributed by atoms with Crippen molar-refractivity contribution in [3.63, 3.8) is 0 Å². The van der Waals surface area contributed by atoms with Crippen molar-refractivity contribution in [2.24, 2.45) is 5.73 Å². The second-order valence-electron chi connectivity index (χ2n) is 8.50. The van der Waals surface area contributed by atoms with Crippen LogP contribution in [0.1, 0.15) is 36.7 Å². The van der Waals surface area contributed by atoms with Gasteiger partial charge in [0.25, 0.3) is 0 Å². The van der Waals surface area contributed by atoms with Crippen LogP contribution < -0.4 is 5.73 Å². The molecular formula is C23H29F3N4O. The third kappa shape index (κ3) is 5.62. The van der Waals surface area contributed by atoms with Crippen molar-refractivity contribution in [2.75, 3.05) is 26.7 Å². The van der Waals surface area contributed by atoms with E-state index < -0.39 is 23.2 Å². The molecule has 31 heavy (non-hydrogen) atoms. The number of carbonyl (C=O) groups is 1. The standard InChI is InChI=1S/C23H29F3N4O/c1-22(21(27)31,19-9-6-10-20(28-19)23(24,25)26)12-14-30-13-11-18(16-30)29(2)15-17-7-4-3-5-8-17/h3-10,18H,11-16H2,1-2H3,(H2,27,31). The number of nitrogens with two attached hydrogens (primary N) is 1. The summed E-state index contributed by atoms with van der Waals surface area (Å²) in [5, 5.41) is 0. The predicted molar refractivity (Wildman–Crippen MR) is 113 cm³/mol. The molecule has 0 bridgehead atoms. The number of carbonyl (C=O) groups excluding carboxylic acids is 1. The molecule has 168 valence electrons. The number of hydrogen-bond acceptors (Lipinski definition) is 4. The van der Waals surface area contributed by atoms with Crippen LogP contribution in [0.2, 0.25) is 0 Å². The number of rotatable bonds is 8. The van der Waals surface area contributed by atoms with E-state index in [9.17, 15) is 18.0 Å². The third-order valence-electron chi connectivity index (χ3n) is 6.22. The van der Waals surface area contributed by atoms with Gasteiger partial charge in [-0.2, -0.15) is 13.2 Å². The Morgan fingerprint density at radius 3 is 2.48 bits per heavy atom. The third-order valence-corrected chi connectivity index (χ3v) is 6.22. The molecule has 2 unspecified atom stereocenters. The molecule has 0 saturated carbocycles. The first-order valence-corrected chi connectivity index (χ1v) is 10.4. The van der Waals surface area contributed by atoms with Gasteiger partial charge in [-0.15, -0.1) is 0 Å². The van der Waals surface area contributed by atoms with E-state index in [0.717, 1.165) is 32.1 Å². The van der Waals surface area contributed by atoms with Crippen LogP contribution in [-0.4, -0.2) is 53.4 Å². The van der Waals surface area contributed by atoms with Gasteiger partial charge in [0.2, 0.25) is 5.91 Å². The van der Waals surface area contributed by atoms with Gasteiger partial charge in [0.15, 0.2) is 0 Å². The Labute approximate surface area is 181 Å². The highest BCUT2D eigenvalue weighted by molar-refractivity contribution is 5.85. The summed E-state index contributed by atoms with van der Waals surface area (Å²) in [5.74, 6) is -0.670. The number of pyridine rings is 1. The Morgan fingerprint density at radius 1 is 1.16 bits per heavy atom. The molecule has 5 nitrogen and oxygen atoms in total. The average molecular weight is 435 g/mol. The number of hydrogen-bond donors (Lipinski definition) is 1. The van der Waals surface area contributed by atoms with Crippen molar-refractivity contribution >= 4 is 5.91 Å². The first-order chi connectivity index (χ1) is 14.6. The molecule has 1 amide bonds. The highest BCUT2D eigenvalue weighted by Gasteiger charge is 2.39. The first-order valence-electron chi connectivity index (χ1n) is 10.4. The zero-order valence-electron chi connectivity index (χ0n) is 17.9. The molecule has 2 atom stereocenters. The molecule has 1 aromatic carbocycles. The maximum absolute atomic E-state index is 13.1. The van der Waals surface area contributed by atoms with E-state index >= 15 is 0 Å². The van der Waals surface area contributed by atoms with Gasteiger partial charge >= 0.3 is 6.18 Å². The number of likely N-dealkylation sites (N-methyl/N-ethyl adjacent to an activating group) is 1.